The van der Waals surface area contributed by atoms with Crippen molar-refractivity contribution in [3.63, 3.8) is 0 Å². The molecule has 5 heteroatoms. The number of nitrogens with one attached hydrogen (secondary N) is 1. The molecule has 0 aromatic heterocycles. The molecular weight excluding hydrogens is 257 g/mol. The molecule has 2 rings (SSSR count). The van der Waals surface area contributed by atoms with Gasteiger partial charge in [-0.1, -0.05) is 18.2 Å². The van der Waals surface area contributed by atoms with Crippen molar-refractivity contribution >= 4 is 11.6 Å². The van der Waals surface area contributed by atoms with Gasteiger partial charge in [0.15, 0.2) is 0 Å². The molecule has 4 nitrogen and oxygen atoms in total. The van der Waals surface area contributed by atoms with Gasteiger partial charge in [-0.2, -0.15) is 5.26 Å². The molecule has 0 spiro atoms. The van der Waals surface area contributed by atoms with Crippen molar-refractivity contribution in [1.29, 1.82) is 5.26 Å². The summed E-state index contributed by atoms with van der Waals surface area (Å²) in [4.78, 5) is 12.0. The summed E-state index contributed by atoms with van der Waals surface area (Å²) in [6, 6.07) is 12.6. The Labute approximate surface area is 115 Å². The third-order valence-corrected chi connectivity index (χ3v) is 2.83. The summed E-state index contributed by atoms with van der Waals surface area (Å²) in [5.41, 5.74) is 6.77. The highest BCUT2D eigenvalue weighted by Gasteiger charge is 2.11. The van der Waals surface area contributed by atoms with Crippen LogP contribution in [0.1, 0.15) is 21.5 Å². The Balaban J connectivity index is 2.23. The van der Waals surface area contributed by atoms with Crippen molar-refractivity contribution in [3.8, 4) is 6.07 Å². The number of carbonyl (C=O) groups excluding carboxylic acids is 1. The summed E-state index contributed by atoms with van der Waals surface area (Å²) < 4.78 is 13.4. The maximum absolute atomic E-state index is 13.4. The van der Waals surface area contributed by atoms with E-state index >= 15 is 0 Å². The minimum Gasteiger partial charge on any atom is -0.326 e. The molecule has 0 radical (unpaired) electrons. The quantitative estimate of drug-likeness (QED) is 0.898. The second kappa shape index (κ2) is 5.95. The number of nitrogens with zero attached hydrogens (tertiary/aromatic N) is 1. The number of hydrogen-bond acceptors (Lipinski definition) is 3. The lowest BCUT2D eigenvalue weighted by molar-refractivity contribution is 0.102. The molecule has 0 aliphatic heterocycles. The molecule has 0 saturated carbocycles. The summed E-state index contributed by atoms with van der Waals surface area (Å²) in [6.45, 7) is 0.393. The highest BCUT2D eigenvalue weighted by Crippen LogP contribution is 2.18. The van der Waals surface area contributed by atoms with Crippen LogP contribution in [0.3, 0.4) is 0 Å². The minimum absolute atomic E-state index is 0.153. The number of nitrogens with two attached hydrogens (primary N) is 1. The molecule has 2 aromatic rings. The maximum Gasteiger partial charge on any atom is 0.255 e. The first kappa shape index (κ1) is 13.7. The predicted molar refractivity (Wildman–Crippen MR) is 73.4 cm³/mol. The van der Waals surface area contributed by atoms with Crippen LogP contribution in [0.15, 0.2) is 42.5 Å². The van der Waals surface area contributed by atoms with Crippen LogP contribution in [0.2, 0.25) is 0 Å². The van der Waals surface area contributed by atoms with Gasteiger partial charge in [0.25, 0.3) is 5.91 Å². The first-order chi connectivity index (χ1) is 9.65. The zero-order valence-electron chi connectivity index (χ0n) is 10.6. The summed E-state index contributed by atoms with van der Waals surface area (Å²) >= 11 is 0. The van der Waals surface area contributed by atoms with E-state index in [2.05, 4.69) is 5.32 Å². The fraction of sp³-hybridized carbons (Fsp3) is 0.0667. The third kappa shape index (κ3) is 2.82. The van der Waals surface area contributed by atoms with Gasteiger partial charge in [-0.25, -0.2) is 4.39 Å². The normalized spacial score (nSPS) is 9.85. The van der Waals surface area contributed by atoms with Gasteiger partial charge >= 0.3 is 0 Å². The van der Waals surface area contributed by atoms with E-state index in [0.717, 1.165) is 5.56 Å². The lowest BCUT2D eigenvalue weighted by atomic mass is 10.1. The molecule has 2 aromatic carbocycles. The number of benzene rings is 2. The Morgan fingerprint density at radius 3 is 2.55 bits per heavy atom. The molecule has 20 heavy (non-hydrogen) atoms. The van der Waals surface area contributed by atoms with Gasteiger partial charge < -0.3 is 11.1 Å². The largest absolute Gasteiger partial charge is 0.326 e. The van der Waals surface area contributed by atoms with Gasteiger partial charge in [0, 0.05) is 12.1 Å². The molecule has 0 saturated heterocycles. The number of carbonyl (C=O) groups is 1. The number of hydrogen-bond donors (Lipinski definition) is 2. The zero-order chi connectivity index (χ0) is 14.5. The van der Waals surface area contributed by atoms with Gasteiger partial charge in [-0.05, 0) is 29.8 Å². The molecule has 0 heterocycles. The molecule has 0 aliphatic rings. The topological polar surface area (TPSA) is 78.9 Å². The Bertz CT molecular complexity index is 675. The van der Waals surface area contributed by atoms with Crippen LogP contribution in [-0.2, 0) is 6.54 Å². The molecule has 0 aliphatic carbocycles. The maximum atomic E-state index is 13.4. The standard InChI is InChI=1S/C15H12FN3O/c16-13-2-1-3-14(12(13)9-18)19-15(20)11-6-4-10(8-17)5-7-11/h1-7H,8,17H2,(H,19,20). The van der Waals surface area contributed by atoms with E-state index in [1.54, 1.807) is 30.3 Å². The van der Waals surface area contributed by atoms with E-state index in [1.807, 2.05) is 0 Å². The second-order valence-corrected chi connectivity index (χ2v) is 4.13. The Hall–Kier alpha value is -2.71. The van der Waals surface area contributed by atoms with E-state index in [0.29, 0.717) is 12.1 Å². The SMILES string of the molecule is N#Cc1c(F)cccc1NC(=O)c1ccc(CN)cc1. The van der Waals surface area contributed by atoms with E-state index in [1.165, 1.54) is 18.2 Å². The summed E-state index contributed by atoms with van der Waals surface area (Å²) in [6.07, 6.45) is 0. The highest BCUT2D eigenvalue weighted by atomic mass is 19.1. The fourth-order valence-electron chi connectivity index (χ4n) is 1.73. The molecular formula is C15H12FN3O. The van der Waals surface area contributed by atoms with Crippen molar-refractivity contribution in [3.05, 3.63) is 65.0 Å². The van der Waals surface area contributed by atoms with Crippen molar-refractivity contribution in [2.75, 3.05) is 5.32 Å². The van der Waals surface area contributed by atoms with Gasteiger partial charge in [0.05, 0.1) is 5.69 Å². The molecule has 0 atom stereocenters. The number of nitriles is 1. The lowest BCUT2D eigenvalue weighted by Crippen LogP contribution is -2.13. The number of amides is 1. The Morgan fingerprint density at radius 2 is 1.95 bits per heavy atom. The number of anilines is 1. The first-order valence-corrected chi connectivity index (χ1v) is 5.94. The molecule has 3 N–H and O–H groups in total. The van der Waals surface area contributed by atoms with Crippen molar-refractivity contribution in [2.24, 2.45) is 5.73 Å². The molecule has 100 valence electrons. The average molecular weight is 269 g/mol. The predicted octanol–water partition coefficient (Wildman–Crippen LogP) is 2.41. The number of rotatable bonds is 3. The minimum atomic E-state index is -0.663. The van der Waals surface area contributed by atoms with Crippen LogP contribution < -0.4 is 11.1 Å². The van der Waals surface area contributed by atoms with Crippen LogP contribution in [0, 0.1) is 17.1 Å². The van der Waals surface area contributed by atoms with Gasteiger partial charge in [0.2, 0.25) is 0 Å². The first-order valence-electron chi connectivity index (χ1n) is 5.94. The van der Waals surface area contributed by atoms with Crippen LogP contribution in [0.4, 0.5) is 10.1 Å². The van der Waals surface area contributed by atoms with Crippen LogP contribution >= 0.6 is 0 Å². The van der Waals surface area contributed by atoms with E-state index in [-0.39, 0.29) is 11.3 Å². The smallest absolute Gasteiger partial charge is 0.255 e. The molecule has 1 amide bonds. The van der Waals surface area contributed by atoms with Crippen LogP contribution in [0.5, 0.6) is 0 Å². The zero-order valence-corrected chi connectivity index (χ0v) is 10.6. The molecule has 0 unspecified atom stereocenters. The third-order valence-electron chi connectivity index (χ3n) is 2.83. The summed E-state index contributed by atoms with van der Waals surface area (Å²) in [5, 5.41) is 11.4. The lowest BCUT2D eigenvalue weighted by Gasteiger charge is -2.08. The highest BCUT2D eigenvalue weighted by molar-refractivity contribution is 6.04. The van der Waals surface area contributed by atoms with E-state index < -0.39 is 11.7 Å². The van der Waals surface area contributed by atoms with Crippen LogP contribution in [-0.4, -0.2) is 5.91 Å². The summed E-state index contributed by atoms with van der Waals surface area (Å²) in [7, 11) is 0. The summed E-state index contributed by atoms with van der Waals surface area (Å²) in [5.74, 6) is -1.07. The molecule has 0 bridgehead atoms. The van der Waals surface area contributed by atoms with Crippen LogP contribution in [0.25, 0.3) is 0 Å². The van der Waals surface area contributed by atoms with Gasteiger partial charge in [-0.15, -0.1) is 0 Å². The van der Waals surface area contributed by atoms with Gasteiger partial charge in [-0.3, -0.25) is 4.79 Å². The Morgan fingerprint density at radius 1 is 1.25 bits per heavy atom. The van der Waals surface area contributed by atoms with Crippen molar-refractivity contribution < 1.29 is 9.18 Å². The second-order valence-electron chi connectivity index (χ2n) is 4.13. The van der Waals surface area contributed by atoms with E-state index in [9.17, 15) is 9.18 Å². The van der Waals surface area contributed by atoms with Gasteiger partial charge in [0.1, 0.15) is 17.4 Å². The fourth-order valence-corrected chi connectivity index (χ4v) is 1.73. The monoisotopic (exact) mass is 269 g/mol. The number of halogens is 1. The van der Waals surface area contributed by atoms with Crippen molar-refractivity contribution in [1.82, 2.24) is 0 Å². The van der Waals surface area contributed by atoms with E-state index in [4.69, 9.17) is 11.0 Å². The Kier molecular flexibility index (Phi) is 4.08. The average Bonchev–Trinajstić information content (AvgIpc) is 2.47. The van der Waals surface area contributed by atoms with Crippen molar-refractivity contribution in [2.45, 2.75) is 6.54 Å². The molecule has 0 fully saturated rings.